The van der Waals surface area contributed by atoms with E-state index in [1.54, 1.807) is 6.07 Å². The molecule has 4 rings (SSSR count). The predicted octanol–water partition coefficient (Wildman–Crippen LogP) is 5.14. The fraction of sp³-hybridized carbons (Fsp3) is 0.591. The smallest absolute Gasteiger partial charge is 0.157 e. The quantitative estimate of drug-likeness (QED) is 0.600. The molecule has 1 aromatic rings. The molecule has 1 N–H and O–H groups in total. The number of hydrogen-bond donors (Lipinski definition) is 1. The van der Waals surface area contributed by atoms with Gasteiger partial charge in [-0.3, -0.25) is 4.79 Å². The summed E-state index contributed by atoms with van der Waals surface area (Å²) in [5, 5.41) is 10.4. The fourth-order valence-corrected chi connectivity index (χ4v) is 5.27. The van der Waals surface area contributed by atoms with Crippen LogP contribution in [0.3, 0.4) is 0 Å². The predicted molar refractivity (Wildman–Crippen MR) is 100 cm³/mol. The molecule has 4 nitrogen and oxygen atoms in total. The molecule has 4 heteroatoms. The van der Waals surface area contributed by atoms with Crippen molar-refractivity contribution in [3.05, 3.63) is 28.8 Å². The minimum absolute atomic E-state index is 0.0533. The molecule has 0 radical (unpaired) electrons. The van der Waals surface area contributed by atoms with Gasteiger partial charge in [0.15, 0.2) is 6.29 Å². The molecule has 1 aliphatic carbocycles. The number of phenols is 1. The number of allylic oxidation sites excluding steroid dienone is 2. The van der Waals surface area contributed by atoms with E-state index in [2.05, 4.69) is 33.8 Å². The molecule has 0 saturated heterocycles. The highest BCUT2D eigenvalue weighted by Crippen LogP contribution is 2.62. The van der Waals surface area contributed by atoms with Gasteiger partial charge >= 0.3 is 0 Å². The van der Waals surface area contributed by atoms with E-state index in [0.29, 0.717) is 29.6 Å². The second kappa shape index (κ2) is 5.77. The summed E-state index contributed by atoms with van der Waals surface area (Å²) in [5.74, 6) is 1.90. The number of ether oxygens (including phenoxy) is 2. The molecular weight excluding hydrogens is 328 g/mol. The van der Waals surface area contributed by atoms with E-state index in [9.17, 15) is 9.90 Å². The molecule has 0 aromatic heterocycles. The normalized spacial score (nSPS) is 33.7. The van der Waals surface area contributed by atoms with Crippen molar-refractivity contribution in [2.45, 2.75) is 76.9 Å². The van der Waals surface area contributed by atoms with Crippen LogP contribution >= 0.6 is 0 Å². The summed E-state index contributed by atoms with van der Waals surface area (Å²) in [7, 11) is 0. The first-order valence-corrected chi connectivity index (χ1v) is 9.63. The first-order valence-electron chi connectivity index (χ1n) is 9.63. The van der Waals surface area contributed by atoms with E-state index in [0.717, 1.165) is 37.7 Å². The monoisotopic (exact) mass is 356 g/mol. The van der Waals surface area contributed by atoms with E-state index >= 15 is 0 Å². The molecule has 0 amide bonds. The van der Waals surface area contributed by atoms with Crippen LogP contribution in [0.1, 0.15) is 81.6 Å². The van der Waals surface area contributed by atoms with Crippen LogP contribution in [-0.4, -0.2) is 22.6 Å². The van der Waals surface area contributed by atoms with Crippen molar-refractivity contribution in [3.63, 3.8) is 0 Å². The minimum atomic E-state index is -0.342. The third kappa shape index (κ3) is 2.53. The van der Waals surface area contributed by atoms with Crippen molar-refractivity contribution in [2.75, 3.05) is 0 Å². The van der Waals surface area contributed by atoms with Gasteiger partial charge in [0.25, 0.3) is 0 Å². The molecule has 140 valence electrons. The Morgan fingerprint density at radius 2 is 2.12 bits per heavy atom. The number of carbonyl (C=O) groups is 1. The zero-order valence-corrected chi connectivity index (χ0v) is 16.1. The van der Waals surface area contributed by atoms with Crippen molar-refractivity contribution < 1.29 is 19.4 Å². The van der Waals surface area contributed by atoms with E-state index in [-0.39, 0.29) is 22.5 Å². The Bertz CT molecular complexity index is 792. The first kappa shape index (κ1) is 17.4. The van der Waals surface area contributed by atoms with Crippen molar-refractivity contribution in [3.8, 4) is 17.2 Å². The molecule has 4 atom stereocenters. The lowest BCUT2D eigenvalue weighted by molar-refractivity contribution is -0.0839. The number of benzene rings is 1. The maximum absolute atomic E-state index is 11.7. The maximum atomic E-state index is 11.7. The van der Waals surface area contributed by atoms with Crippen molar-refractivity contribution in [2.24, 2.45) is 5.92 Å². The third-order valence-electron chi connectivity index (χ3n) is 6.58. The summed E-state index contributed by atoms with van der Waals surface area (Å²) >= 11 is 0. The lowest BCUT2D eigenvalue weighted by Gasteiger charge is -2.56. The second-order valence-electron chi connectivity index (χ2n) is 8.91. The molecule has 0 spiro atoms. The van der Waals surface area contributed by atoms with Crippen LogP contribution in [-0.2, 0) is 0 Å². The molecule has 1 aromatic carbocycles. The van der Waals surface area contributed by atoms with Crippen LogP contribution in [0.25, 0.3) is 0 Å². The third-order valence-corrected chi connectivity index (χ3v) is 6.58. The van der Waals surface area contributed by atoms with Gasteiger partial charge in [-0.15, -0.1) is 0 Å². The van der Waals surface area contributed by atoms with E-state index in [1.807, 2.05) is 0 Å². The fourth-order valence-electron chi connectivity index (χ4n) is 5.27. The number of phenolic OH excluding ortho intramolecular Hbond substituents is 1. The zero-order valence-electron chi connectivity index (χ0n) is 16.1. The van der Waals surface area contributed by atoms with Gasteiger partial charge in [-0.2, -0.15) is 0 Å². The SMILES string of the molecule is CC(C)=CCC[C@]1(C)Oc2c(C=O)c(O)cc3c2C2CC(C)(CC[C@H]21)O3. The summed E-state index contributed by atoms with van der Waals surface area (Å²) < 4.78 is 12.8. The Kier molecular flexibility index (Phi) is 3.87. The maximum Gasteiger partial charge on any atom is 0.157 e. The standard InChI is InChI=1S/C22H28O4/c1-13(2)6-5-8-22(4)16-7-9-21(3)11-14(16)19-18(25-21)10-17(24)15(12-23)20(19)26-22/h6,10,12,14,16,24H,5,7-9,11H2,1-4H3/t14?,16-,21?,22+/m1/s1. The van der Waals surface area contributed by atoms with Gasteiger partial charge < -0.3 is 14.6 Å². The number of fused-ring (bicyclic) bond motifs is 1. The summed E-state index contributed by atoms with van der Waals surface area (Å²) in [6.07, 6.45) is 7.80. The van der Waals surface area contributed by atoms with Gasteiger partial charge in [0.2, 0.25) is 0 Å². The van der Waals surface area contributed by atoms with Crippen LogP contribution in [0.2, 0.25) is 0 Å². The van der Waals surface area contributed by atoms with Gasteiger partial charge in [0, 0.05) is 23.5 Å². The summed E-state index contributed by atoms with van der Waals surface area (Å²) in [5.41, 5.74) is 2.02. The summed E-state index contributed by atoms with van der Waals surface area (Å²) in [6.45, 7) is 8.56. The van der Waals surface area contributed by atoms with Crippen LogP contribution in [0, 0.1) is 5.92 Å². The van der Waals surface area contributed by atoms with Gasteiger partial charge in [0.1, 0.15) is 28.5 Å². The van der Waals surface area contributed by atoms with Gasteiger partial charge in [-0.05, 0) is 59.8 Å². The number of hydrogen-bond acceptors (Lipinski definition) is 4. The van der Waals surface area contributed by atoms with Gasteiger partial charge in [-0.25, -0.2) is 0 Å². The van der Waals surface area contributed by atoms with Gasteiger partial charge in [0.05, 0.1) is 5.56 Å². The van der Waals surface area contributed by atoms with E-state index < -0.39 is 0 Å². The molecule has 2 bridgehead atoms. The average molecular weight is 356 g/mol. The molecule has 2 heterocycles. The first-order chi connectivity index (χ1) is 12.3. The topological polar surface area (TPSA) is 55.8 Å². The molecule has 2 unspecified atom stereocenters. The van der Waals surface area contributed by atoms with Crippen LogP contribution < -0.4 is 9.47 Å². The summed E-state index contributed by atoms with van der Waals surface area (Å²) in [6, 6.07) is 1.60. The Morgan fingerprint density at radius 3 is 2.81 bits per heavy atom. The van der Waals surface area contributed by atoms with Crippen LogP contribution in [0.15, 0.2) is 17.7 Å². The average Bonchev–Trinajstić information content (AvgIpc) is 2.53. The number of rotatable bonds is 4. The molecule has 1 fully saturated rings. The minimum Gasteiger partial charge on any atom is -0.507 e. The van der Waals surface area contributed by atoms with Crippen molar-refractivity contribution in [1.29, 1.82) is 0 Å². The Hall–Kier alpha value is -1.97. The number of aromatic hydroxyl groups is 1. The van der Waals surface area contributed by atoms with Gasteiger partial charge in [-0.1, -0.05) is 11.6 Å². The highest BCUT2D eigenvalue weighted by Gasteiger charge is 2.56. The lowest BCUT2D eigenvalue weighted by atomic mass is 9.60. The molecule has 1 saturated carbocycles. The Balaban J connectivity index is 1.84. The number of aldehydes is 1. The van der Waals surface area contributed by atoms with E-state index in [1.165, 1.54) is 5.57 Å². The molecule has 2 aliphatic heterocycles. The molecule has 26 heavy (non-hydrogen) atoms. The van der Waals surface area contributed by atoms with Crippen molar-refractivity contribution in [1.82, 2.24) is 0 Å². The van der Waals surface area contributed by atoms with Crippen LogP contribution in [0.4, 0.5) is 0 Å². The second-order valence-corrected chi connectivity index (χ2v) is 8.91. The van der Waals surface area contributed by atoms with Crippen LogP contribution in [0.5, 0.6) is 17.2 Å². The molecular formula is C22H28O4. The number of carbonyl (C=O) groups excluding carboxylic acids is 1. The molecule has 3 aliphatic rings. The largest absolute Gasteiger partial charge is 0.507 e. The zero-order chi connectivity index (χ0) is 18.7. The van der Waals surface area contributed by atoms with Crippen molar-refractivity contribution >= 4 is 6.29 Å². The Labute approximate surface area is 155 Å². The highest BCUT2D eigenvalue weighted by atomic mass is 16.5. The summed E-state index contributed by atoms with van der Waals surface area (Å²) in [4.78, 5) is 11.7. The highest BCUT2D eigenvalue weighted by molar-refractivity contribution is 5.86. The lowest BCUT2D eigenvalue weighted by Crippen LogP contribution is -2.55. The Morgan fingerprint density at radius 1 is 1.35 bits per heavy atom. The van der Waals surface area contributed by atoms with E-state index in [4.69, 9.17) is 9.47 Å².